The van der Waals surface area contributed by atoms with Gasteiger partial charge in [0.1, 0.15) is 5.02 Å². The summed E-state index contributed by atoms with van der Waals surface area (Å²) < 4.78 is 0.417. The molecule has 0 saturated carbocycles. The highest BCUT2D eigenvalue weighted by atomic mass is 35.5. The Hall–Kier alpha value is -2.51. The lowest BCUT2D eigenvalue weighted by atomic mass is 9.98. The van der Waals surface area contributed by atoms with Gasteiger partial charge in [0.05, 0.1) is 16.8 Å². The quantitative estimate of drug-likeness (QED) is 0.443. The minimum Gasteiger partial charge on any atom is -0.549 e. The Morgan fingerprint density at radius 3 is 2.21 bits per heavy atom. The van der Waals surface area contributed by atoms with Gasteiger partial charge >= 0.3 is 0 Å². The molecule has 0 radical (unpaired) electrons. The molecule has 24 heavy (non-hydrogen) atoms. The number of carbonyl (C=O) groups is 1. The summed E-state index contributed by atoms with van der Waals surface area (Å²) in [6, 6.07) is 9.06. The molecule has 2 aromatic rings. The van der Waals surface area contributed by atoms with E-state index in [2.05, 4.69) is 0 Å². The molecule has 7 nitrogen and oxygen atoms in total. The van der Waals surface area contributed by atoms with Gasteiger partial charge in [0.25, 0.3) is 11.4 Å². The largest absolute Gasteiger partial charge is 0.549 e. The van der Waals surface area contributed by atoms with Crippen molar-refractivity contribution >= 4 is 40.5 Å². The van der Waals surface area contributed by atoms with Gasteiger partial charge in [0.2, 0.25) is 6.54 Å². The van der Waals surface area contributed by atoms with E-state index in [0.717, 1.165) is 12.1 Å². The first-order chi connectivity index (χ1) is 11.3. The van der Waals surface area contributed by atoms with Crippen LogP contribution >= 0.6 is 23.2 Å². The first-order valence-electron chi connectivity index (χ1n) is 6.64. The Kier molecular flexibility index (Phi) is 5.48. The second-order valence-corrected chi connectivity index (χ2v) is 5.72. The van der Waals surface area contributed by atoms with Crippen LogP contribution in [0.15, 0.2) is 42.5 Å². The number of rotatable bonds is 6. The summed E-state index contributed by atoms with van der Waals surface area (Å²) in [5.74, 6) is -2.76. The van der Waals surface area contributed by atoms with Gasteiger partial charge in [0.15, 0.2) is 0 Å². The van der Waals surface area contributed by atoms with Crippen LogP contribution in [0.1, 0.15) is 11.5 Å². The molecule has 0 aliphatic rings. The van der Waals surface area contributed by atoms with E-state index < -0.39 is 23.4 Å². The van der Waals surface area contributed by atoms with E-state index in [1.165, 1.54) is 30.3 Å². The summed E-state index contributed by atoms with van der Waals surface area (Å²) in [6.45, 7) is -0.471. The van der Waals surface area contributed by atoms with Gasteiger partial charge in [-0.05, 0) is 17.7 Å². The molecule has 0 amide bonds. The number of halogens is 2. The molecule has 0 spiro atoms. The van der Waals surface area contributed by atoms with Gasteiger partial charge in [-0.25, -0.2) is 0 Å². The number of hydrogen-bond acceptors (Lipinski definition) is 5. The Morgan fingerprint density at radius 1 is 1.08 bits per heavy atom. The van der Waals surface area contributed by atoms with Crippen molar-refractivity contribution in [1.82, 2.24) is 0 Å². The normalized spacial score (nSPS) is 11.8. The molecule has 2 rings (SSSR count). The Balaban J connectivity index is 2.26. The van der Waals surface area contributed by atoms with Crippen LogP contribution in [0, 0.1) is 15.0 Å². The average molecular weight is 369 g/mol. The lowest BCUT2D eigenvalue weighted by Crippen LogP contribution is -2.34. The third-order valence-corrected chi connectivity index (χ3v) is 3.86. The van der Waals surface area contributed by atoms with Crippen molar-refractivity contribution < 1.29 is 19.6 Å². The van der Waals surface area contributed by atoms with E-state index in [9.17, 15) is 24.9 Å². The second-order valence-electron chi connectivity index (χ2n) is 4.88. The zero-order valence-electron chi connectivity index (χ0n) is 12.0. The summed E-state index contributed by atoms with van der Waals surface area (Å²) in [7, 11) is 0. The maximum Gasteiger partial charge on any atom is 0.274 e. The van der Waals surface area contributed by atoms with Crippen molar-refractivity contribution in [3.8, 4) is 0 Å². The highest BCUT2D eigenvalue weighted by Crippen LogP contribution is 2.29. The number of benzene rings is 2. The van der Waals surface area contributed by atoms with Crippen LogP contribution in [0.2, 0.25) is 10.0 Å². The number of nitrogens with zero attached hydrogens (tertiary/aromatic N) is 2. The van der Waals surface area contributed by atoms with Crippen molar-refractivity contribution in [1.29, 1.82) is 0 Å². The number of carboxylic acids is 1. The molecule has 1 atom stereocenters. The molecule has 0 aliphatic heterocycles. The number of nitro groups is 1. The fourth-order valence-corrected chi connectivity index (χ4v) is 2.59. The lowest BCUT2D eigenvalue weighted by Gasteiger charge is -2.14. The predicted molar refractivity (Wildman–Crippen MR) is 85.5 cm³/mol. The summed E-state index contributed by atoms with van der Waals surface area (Å²) in [5, 5.41) is 22.4. The summed E-state index contributed by atoms with van der Waals surface area (Å²) in [5.41, 5.74) is 0.0938. The van der Waals surface area contributed by atoms with Crippen LogP contribution in [0.5, 0.6) is 0 Å². The maximum atomic E-state index is 12.2. The minimum absolute atomic E-state index is 0.0641. The van der Waals surface area contributed by atoms with Crippen molar-refractivity contribution in [3.05, 3.63) is 73.1 Å². The van der Waals surface area contributed by atoms with Gasteiger partial charge in [0, 0.05) is 32.9 Å². The van der Waals surface area contributed by atoms with E-state index in [1.54, 1.807) is 0 Å². The van der Waals surface area contributed by atoms with Crippen molar-refractivity contribution in [2.24, 2.45) is 0 Å². The minimum atomic E-state index is -1.48. The number of carboxylic acid groups (broad SMARTS) is 1. The first kappa shape index (κ1) is 17.8. The fraction of sp³-hybridized carbons (Fsp3) is 0.133. The number of nitroso groups, excluding NO2 is 1. The number of hydrogen-bond donors (Lipinski definition) is 0. The molecule has 0 aromatic heterocycles. The molecular formula is C15H10Cl2N2O5. The zero-order chi connectivity index (χ0) is 17.9. The van der Waals surface area contributed by atoms with E-state index in [-0.39, 0.29) is 22.0 Å². The van der Waals surface area contributed by atoms with Crippen LogP contribution < -0.4 is 5.11 Å². The molecule has 2 aromatic carbocycles. The molecule has 1 unspecified atom stereocenters. The Bertz CT molecular complexity index is 808. The van der Waals surface area contributed by atoms with Gasteiger partial charge in [-0.1, -0.05) is 35.3 Å². The lowest BCUT2D eigenvalue weighted by molar-refractivity contribution is -0.467. The number of carbonyl (C=O) groups excluding carboxylic acids is 1. The van der Waals surface area contributed by atoms with Crippen molar-refractivity contribution in [2.45, 2.75) is 5.92 Å². The standard InChI is InChI=1S/C15H10Cl2N2O5/c16-10-3-6-14(13(17)7-10)18(22)8-12(15(20)21)9-1-4-11(5-2-9)19(23)24/h1-7,12H,8H2. The van der Waals surface area contributed by atoms with Gasteiger partial charge in [-0.2, -0.15) is 0 Å². The second kappa shape index (κ2) is 7.37. The van der Waals surface area contributed by atoms with Crippen molar-refractivity contribution in [2.75, 3.05) is 6.54 Å². The zero-order valence-corrected chi connectivity index (χ0v) is 13.5. The molecule has 0 N–H and O–H groups in total. The first-order valence-corrected chi connectivity index (χ1v) is 7.40. The maximum absolute atomic E-state index is 12.2. The van der Waals surface area contributed by atoms with Crippen molar-refractivity contribution in [3.63, 3.8) is 0 Å². The summed E-state index contributed by atoms with van der Waals surface area (Å²) in [4.78, 5) is 33.6. The number of non-ortho nitro benzene ring substituents is 1. The fourth-order valence-electron chi connectivity index (χ4n) is 2.09. The number of nitro benzene ring substituents is 1. The molecule has 0 fully saturated rings. The van der Waals surface area contributed by atoms with E-state index in [4.69, 9.17) is 23.2 Å². The van der Waals surface area contributed by atoms with E-state index in [1.807, 2.05) is 0 Å². The molecule has 0 aliphatic carbocycles. The Morgan fingerprint density at radius 2 is 1.71 bits per heavy atom. The van der Waals surface area contributed by atoms with Gasteiger partial charge in [-0.3, -0.25) is 10.1 Å². The molecule has 124 valence electrons. The predicted octanol–water partition coefficient (Wildman–Crippen LogP) is 2.85. The monoisotopic (exact) mass is 368 g/mol. The third-order valence-electron chi connectivity index (χ3n) is 3.32. The smallest absolute Gasteiger partial charge is 0.274 e. The van der Waals surface area contributed by atoms with Crippen LogP contribution in [-0.2, 0) is 4.79 Å². The number of aliphatic carboxylic acids is 1. The summed E-state index contributed by atoms with van der Waals surface area (Å²) in [6.07, 6.45) is 0. The highest BCUT2D eigenvalue weighted by molar-refractivity contribution is 6.35. The highest BCUT2D eigenvalue weighted by Gasteiger charge is 2.26. The van der Waals surface area contributed by atoms with Gasteiger partial charge < -0.3 is 9.90 Å². The molecule has 9 heteroatoms. The van der Waals surface area contributed by atoms with E-state index >= 15 is 0 Å². The molecule has 0 bridgehead atoms. The van der Waals surface area contributed by atoms with Crippen LogP contribution in [-0.4, -0.2) is 22.2 Å². The molecule has 0 heterocycles. The average Bonchev–Trinajstić information content (AvgIpc) is 2.52. The van der Waals surface area contributed by atoms with Gasteiger partial charge in [-0.15, -0.1) is 0 Å². The van der Waals surface area contributed by atoms with E-state index in [0.29, 0.717) is 9.78 Å². The van der Waals surface area contributed by atoms with Crippen LogP contribution in [0.3, 0.4) is 0 Å². The summed E-state index contributed by atoms with van der Waals surface area (Å²) >= 11 is 11.7. The Labute approximate surface area is 146 Å². The van der Waals surface area contributed by atoms with Crippen LogP contribution in [0.25, 0.3) is 0 Å². The SMILES string of the molecule is O=C([O-])C(C[N+](=O)c1ccc(Cl)cc1Cl)c1ccc([N+](=O)[O-])cc1. The topological polar surface area (TPSA) is 103 Å². The molecule has 0 saturated heterocycles. The van der Waals surface area contributed by atoms with Crippen LogP contribution in [0.4, 0.5) is 11.4 Å². The molecular weight excluding hydrogens is 359 g/mol. The third kappa shape index (κ3) is 4.06.